The molecule has 0 aromatic carbocycles. The molecule has 0 unspecified atom stereocenters. The van der Waals surface area contributed by atoms with Crippen LogP contribution in [0, 0.1) is 13.8 Å². The van der Waals surface area contributed by atoms with Crippen LogP contribution in [0.3, 0.4) is 0 Å². The van der Waals surface area contributed by atoms with Gasteiger partial charge in [0.25, 0.3) is 0 Å². The molecule has 7 nitrogen and oxygen atoms in total. The van der Waals surface area contributed by atoms with Crippen LogP contribution >= 0.6 is 0 Å². The number of nitrogens with one attached hydrogen (secondary N) is 2. The first-order valence-electron chi connectivity index (χ1n) is 6.92. The largest absolute Gasteiger partial charge is 0.471 e. The van der Waals surface area contributed by atoms with Crippen molar-refractivity contribution in [3.8, 4) is 0 Å². The molecule has 1 saturated heterocycles. The molecule has 0 radical (unpaired) electrons. The SMILES string of the molecule is Cc1n[nH]c(C)c1S(=O)(=O)NC1CCN(C(=O)C(F)(F)F)CC1. The maximum atomic E-state index is 12.4. The summed E-state index contributed by atoms with van der Waals surface area (Å²) >= 11 is 0. The molecule has 1 fully saturated rings. The molecule has 23 heavy (non-hydrogen) atoms. The number of H-pyrrole nitrogens is 1. The van der Waals surface area contributed by atoms with Crippen LogP contribution in [0.2, 0.25) is 0 Å². The number of hydrogen-bond acceptors (Lipinski definition) is 4. The maximum absolute atomic E-state index is 12.4. The minimum absolute atomic E-state index is 0.0475. The molecule has 1 aliphatic rings. The third-order valence-electron chi connectivity index (χ3n) is 3.68. The Morgan fingerprint density at radius 3 is 2.30 bits per heavy atom. The number of sulfonamides is 1. The molecule has 0 saturated carbocycles. The van der Waals surface area contributed by atoms with Gasteiger partial charge >= 0.3 is 12.1 Å². The Labute approximate surface area is 131 Å². The van der Waals surface area contributed by atoms with Crippen LogP contribution in [0.5, 0.6) is 0 Å². The number of amides is 1. The van der Waals surface area contributed by atoms with Crippen LogP contribution in [0.25, 0.3) is 0 Å². The molecule has 1 amide bonds. The van der Waals surface area contributed by atoms with Crippen molar-refractivity contribution in [2.45, 2.75) is 43.8 Å². The molecule has 11 heteroatoms. The third kappa shape index (κ3) is 3.83. The summed E-state index contributed by atoms with van der Waals surface area (Å²) in [6.07, 6.45) is -4.66. The molecule has 1 aromatic heterocycles. The standard InChI is InChI=1S/C12H17F3N4O3S/c1-7-10(8(2)17-16-7)23(21,22)18-9-3-5-19(6-4-9)11(20)12(13,14)15/h9,18H,3-6H2,1-2H3,(H,16,17). The number of nitrogens with zero attached hydrogens (tertiary/aromatic N) is 2. The molecular formula is C12H17F3N4O3S. The third-order valence-corrected chi connectivity index (χ3v) is 5.46. The second kappa shape index (κ2) is 6.11. The first-order valence-corrected chi connectivity index (χ1v) is 8.40. The predicted octanol–water partition coefficient (Wildman–Crippen LogP) is 0.858. The number of piperidine rings is 1. The van der Waals surface area contributed by atoms with Gasteiger partial charge in [0.05, 0.1) is 11.4 Å². The number of rotatable bonds is 3. The number of carbonyl (C=O) groups is 1. The molecule has 0 bridgehead atoms. The highest BCUT2D eigenvalue weighted by Gasteiger charge is 2.43. The zero-order valence-corrected chi connectivity index (χ0v) is 13.4. The number of aromatic nitrogens is 2. The van der Waals surface area contributed by atoms with Crippen molar-refractivity contribution < 1.29 is 26.4 Å². The highest BCUT2D eigenvalue weighted by molar-refractivity contribution is 7.89. The summed E-state index contributed by atoms with van der Waals surface area (Å²) in [5.74, 6) is -1.89. The van der Waals surface area contributed by atoms with E-state index < -0.39 is 28.1 Å². The first-order chi connectivity index (χ1) is 10.5. The van der Waals surface area contributed by atoms with Crippen LogP contribution in [-0.4, -0.2) is 54.7 Å². The van der Waals surface area contributed by atoms with E-state index in [9.17, 15) is 26.4 Å². The topological polar surface area (TPSA) is 95.2 Å². The fourth-order valence-corrected chi connectivity index (χ4v) is 4.27. The van der Waals surface area contributed by atoms with Gasteiger partial charge in [-0.05, 0) is 26.7 Å². The summed E-state index contributed by atoms with van der Waals surface area (Å²) in [4.78, 5) is 11.9. The van der Waals surface area contributed by atoms with Gasteiger partial charge in [0.2, 0.25) is 10.0 Å². The number of likely N-dealkylation sites (tertiary alicyclic amines) is 1. The normalized spacial score (nSPS) is 17.5. The minimum atomic E-state index is -4.91. The molecule has 1 aliphatic heterocycles. The number of halogens is 3. The average Bonchev–Trinajstić information content (AvgIpc) is 2.77. The van der Waals surface area contributed by atoms with Gasteiger partial charge in [0.1, 0.15) is 4.90 Å². The quantitative estimate of drug-likeness (QED) is 0.842. The van der Waals surface area contributed by atoms with Crippen LogP contribution in [0.15, 0.2) is 4.90 Å². The Morgan fingerprint density at radius 1 is 1.30 bits per heavy atom. The number of carbonyl (C=O) groups excluding carboxylic acids is 1. The van der Waals surface area contributed by atoms with Crippen molar-refractivity contribution in [2.24, 2.45) is 0 Å². The van der Waals surface area contributed by atoms with Gasteiger partial charge in [-0.2, -0.15) is 18.3 Å². The number of aryl methyl sites for hydroxylation is 2. The molecule has 2 heterocycles. The van der Waals surface area contributed by atoms with E-state index in [2.05, 4.69) is 14.9 Å². The van der Waals surface area contributed by atoms with E-state index in [1.54, 1.807) is 13.8 Å². The molecule has 130 valence electrons. The highest BCUT2D eigenvalue weighted by atomic mass is 32.2. The van der Waals surface area contributed by atoms with Crippen LogP contribution in [0.4, 0.5) is 13.2 Å². The summed E-state index contributed by atoms with van der Waals surface area (Å²) in [7, 11) is -3.81. The van der Waals surface area contributed by atoms with Crippen molar-refractivity contribution in [1.82, 2.24) is 19.8 Å². The summed E-state index contributed by atoms with van der Waals surface area (Å²) in [5, 5.41) is 6.39. The van der Waals surface area contributed by atoms with Gasteiger partial charge in [-0.15, -0.1) is 0 Å². The maximum Gasteiger partial charge on any atom is 0.471 e. The zero-order chi connectivity index (χ0) is 17.4. The van der Waals surface area contributed by atoms with Gasteiger partial charge in [-0.1, -0.05) is 0 Å². The summed E-state index contributed by atoms with van der Waals surface area (Å²) < 4.78 is 64.3. The van der Waals surface area contributed by atoms with E-state index in [4.69, 9.17) is 0 Å². The van der Waals surface area contributed by atoms with Crippen molar-refractivity contribution in [2.75, 3.05) is 13.1 Å². The van der Waals surface area contributed by atoms with Crippen molar-refractivity contribution in [3.63, 3.8) is 0 Å². The molecule has 0 aliphatic carbocycles. The molecule has 2 N–H and O–H groups in total. The smallest absolute Gasteiger partial charge is 0.335 e. The second-order valence-electron chi connectivity index (χ2n) is 5.45. The predicted molar refractivity (Wildman–Crippen MR) is 74.0 cm³/mol. The minimum Gasteiger partial charge on any atom is -0.335 e. The van der Waals surface area contributed by atoms with E-state index in [0.717, 1.165) is 0 Å². The molecule has 0 spiro atoms. The Morgan fingerprint density at radius 2 is 1.87 bits per heavy atom. The number of alkyl halides is 3. The Kier molecular flexibility index (Phi) is 4.71. The second-order valence-corrected chi connectivity index (χ2v) is 7.10. The summed E-state index contributed by atoms with van der Waals surface area (Å²) in [6, 6.07) is -0.522. The van der Waals surface area contributed by atoms with Crippen LogP contribution in [0.1, 0.15) is 24.2 Å². The van der Waals surface area contributed by atoms with E-state index >= 15 is 0 Å². The van der Waals surface area contributed by atoms with Crippen molar-refractivity contribution in [3.05, 3.63) is 11.4 Å². The van der Waals surface area contributed by atoms with Crippen LogP contribution < -0.4 is 4.72 Å². The van der Waals surface area contributed by atoms with Gasteiger partial charge in [-0.25, -0.2) is 13.1 Å². The molecular weight excluding hydrogens is 337 g/mol. The van der Waals surface area contributed by atoms with Crippen molar-refractivity contribution >= 4 is 15.9 Å². The van der Waals surface area contributed by atoms with Crippen molar-refractivity contribution in [1.29, 1.82) is 0 Å². The van der Waals surface area contributed by atoms with Gasteiger partial charge in [0, 0.05) is 19.1 Å². The van der Waals surface area contributed by atoms with Gasteiger partial charge in [-0.3, -0.25) is 9.89 Å². The summed E-state index contributed by atoms with van der Waals surface area (Å²) in [6.45, 7) is 2.82. The lowest BCUT2D eigenvalue weighted by molar-refractivity contribution is -0.186. The van der Waals surface area contributed by atoms with Gasteiger partial charge in [0.15, 0.2) is 0 Å². The fourth-order valence-electron chi connectivity index (χ4n) is 2.59. The zero-order valence-electron chi connectivity index (χ0n) is 12.6. The lowest BCUT2D eigenvalue weighted by Crippen LogP contribution is -2.50. The average molecular weight is 354 g/mol. The number of aromatic amines is 1. The Balaban J connectivity index is 2.01. The number of hydrogen-bond donors (Lipinski definition) is 2. The summed E-state index contributed by atoms with van der Waals surface area (Å²) in [5.41, 5.74) is 0.708. The highest BCUT2D eigenvalue weighted by Crippen LogP contribution is 2.23. The lowest BCUT2D eigenvalue weighted by Gasteiger charge is -2.32. The molecule has 0 atom stereocenters. The molecule has 1 aromatic rings. The fraction of sp³-hybridized carbons (Fsp3) is 0.667. The Hall–Kier alpha value is -1.62. The molecule has 2 rings (SSSR count). The van der Waals surface area contributed by atoms with E-state index in [-0.39, 0.29) is 30.8 Å². The van der Waals surface area contributed by atoms with Crippen LogP contribution in [-0.2, 0) is 14.8 Å². The lowest BCUT2D eigenvalue weighted by atomic mass is 10.1. The van der Waals surface area contributed by atoms with E-state index in [1.807, 2.05) is 0 Å². The van der Waals surface area contributed by atoms with Gasteiger partial charge < -0.3 is 4.90 Å². The van der Waals surface area contributed by atoms with E-state index in [0.29, 0.717) is 16.3 Å². The van der Waals surface area contributed by atoms with E-state index in [1.165, 1.54) is 0 Å². The monoisotopic (exact) mass is 354 g/mol. The first kappa shape index (κ1) is 17.7. The Bertz CT molecular complexity index is 671.